The highest BCUT2D eigenvalue weighted by Gasteiger charge is 2.42. The first kappa shape index (κ1) is 27.6. The number of halogens is 1. The van der Waals surface area contributed by atoms with Crippen LogP contribution >= 0.6 is 23.4 Å². The molecule has 38 heavy (non-hydrogen) atoms. The summed E-state index contributed by atoms with van der Waals surface area (Å²) in [6.45, 7) is 4.09. The van der Waals surface area contributed by atoms with Gasteiger partial charge in [-0.3, -0.25) is 9.59 Å². The van der Waals surface area contributed by atoms with Gasteiger partial charge >= 0.3 is 0 Å². The zero-order valence-electron chi connectivity index (χ0n) is 21.9. The first-order valence-corrected chi connectivity index (χ1v) is 13.4. The van der Waals surface area contributed by atoms with Crippen molar-refractivity contribution >= 4 is 34.9 Å². The molecule has 1 aliphatic heterocycles. The molecule has 198 valence electrons. The van der Waals surface area contributed by atoms with Crippen LogP contribution in [0.4, 0.5) is 0 Å². The third kappa shape index (κ3) is 5.40. The Morgan fingerprint density at radius 1 is 1.11 bits per heavy atom. The number of benzene rings is 2. The maximum atomic E-state index is 13.5. The summed E-state index contributed by atoms with van der Waals surface area (Å²) in [7, 11) is 4.56. The summed E-state index contributed by atoms with van der Waals surface area (Å²) in [5, 5.41) is 14.8. The van der Waals surface area contributed by atoms with Gasteiger partial charge in [0.25, 0.3) is 0 Å². The molecule has 0 saturated heterocycles. The Hall–Kier alpha value is -3.41. The summed E-state index contributed by atoms with van der Waals surface area (Å²) in [5.41, 5.74) is 2.64. The lowest BCUT2D eigenvalue weighted by Crippen LogP contribution is -2.37. The number of nitriles is 1. The first-order valence-electron chi connectivity index (χ1n) is 12.0. The number of hydrogen-bond acceptors (Lipinski definition) is 8. The van der Waals surface area contributed by atoms with E-state index >= 15 is 0 Å². The molecule has 0 fully saturated rings. The second-order valence-electron chi connectivity index (χ2n) is 9.92. The Balaban J connectivity index is 1.81. The Bertz CT molecular complexity index is 1360. The molecular weight excluding hydrogens is 524 g/mol. The molecule has 9 heteroatoms. The smallest absolute Gasteiger partial charge is 0.203 e. The molecule has 2 aromatic rings. The SMILES string of the molecule is COc1cc([C@H]2C(C#N)=C(SCC(=O)c3ccc(Cl)cc3)NC3=C2C(=O)CC(C)(C)C3)cc(OC)c1OC. The number of allylic oxidation sites excluding steroid dienone is 3. The van der Waals surface area contributed by atoms with E-state index in [0.717, 1.165) is 5.70 Å². The van der Waals surface area contributed by atoms with Crippen molar-refractivity contribution in [1.29, 1.82) is 5.26 Å². The number of nitrogens with zero attached hydrogens (tertiary/aromatic N) is 1. The minimum absolute atomic E-state index is 0.0171. The van der Waals surface area contributed by atoms with Gasteiger partial charge in [-0.2, -0.15) is 5.26 Å². The average Bonchev–Trinajstić information content (AvgIpc) is 2.89. The van der Waals surface area contributed by atoms with Gasteiger partial charge in [0.2, 0.25) is 5.75 Å². The zero-order chi connectivity index (χ0) is 27.6. The summed E-state index contributed by atoms with van der Waals surface area (Å²) in [6.07, 6.45) is 0.994. The summed E-state index contributed by atoms with van der Waals surface area (Å²) >= 11 is 7.21. The lowest BCUT2D eigenvalue weighted by Gasteiger charge is -2.39. The number of hydrogen-bond donors (Lipinski definition) is 1. The molecular formula is C29H29ClN2O5S. The molecule has 4 rings (SSSR count). The van der Waals surface area contributed by atoms with E-state index in [4.69, 9.17) is 25.8 Å². The monoisotopic (exact) mass is 552 g/mol. The zero-order valence-corrected chi connectivity index (χ0v) is 23.5. The van der Waals surface area contributed by atoms with Gasteiger partial charge < -0.3 is 19.5 Å². The molecule has 0 saturated carbocycles. The number of thioether (sulfide) groups is 1. The average molecular weight is 553 g/mol. The quantitative estimate of drug-likeness (QED) is 0.395. The number of nitrogens with one attached hydrogen (secondary N) is 1. The van der Waals surface area contributed by atoms with E-state index in [-0.39, 0.29) is 22.7 Å². The van der Waals surface area contributed by atoms with E-state index in [0.29, 0.717) is 62.4 Å². The van der Waals surface area contributed by atoms with Crippen molar-refractivity contribution < 1.29 is 23.8 Å². The van der Waals surface area contributed by atoms with E-state index in [9.17, 15) is 14.9 Å². The fourth-order valence-corrected chi connectivity index (χ4v) is 6.03. The number of carbonyl (C=O) groups excluding carboxylic acids is 2. The molecule has 0 aromatic heterocycles. The highest BCUT2D eigenvalue weighted by molar-refractivity contribution is 8.03. The number of ketones is 2. The number of methoxy groups -OCH3 is 3. The number of dihydropyridines is 1. The fraction of sp³-hybridized carbons (Fsp3) is 0.345. The van der Waals surface area contributed by atoms with Gasteiger partial charge in [-0.25, -0.2) is 0 Å². The van der Waals surface area contributed by atoms with Crippen LogP contribution in [0.5, 0.6) is 17.2 Å². The lowest BCUT2D eigenvalue weighted by atomic mass is 9.69. The number of rotatable bonds is 8. The summed E-state index contributed by atoms with van der Waals surface area (Å²) in [6, 6.07) is 12.6. The Morgan fingerprint density at radius 2 is 1.74 bits per heavy atom. The fourth-order valence-electron chi connectivity index (χ4n) is 4.95. The van der Waals surface area contributed by atoms with Gasteiger partial charge in [0.1, 0.15) is 0 Å². The third-order valence-electron chi connectivity index (χ3n) is 6.66. The standard InChI is InChI=1S/C29H29ClN2O5S/c1-29(2)12-20-26(21(33)13-29)25(17-10-23(35-3)27(37-5)24(11-17)36-4)19(14-31)28(32-20)38-15-22(34)16-6-8-18(30)9-7-16/h6-11,25,32H,12-13,15H2,1-5H3/t25-/m0/s1. The van der Waals surface area contributed by atoms with Crippen LogP contribution in [-0.2, 0) is 4.79 Å². The van der Waals surface area contributed by atoms with Crippen LogP contribution in [0.15, 0.2) is 58.3 Å². The summed E-state index contributed by atoms with van der Waals surface area (Å²) in [5.74, 6) is 0.618. The molecule has 2 aliphatic rings. The van der Waals surface area contributed by atoms with Crippen LogP contribution in [0.2, 0.25) is 5.02 Å². The van der Waals surface area contributed by atoms with Crippen LogP contribution in [0.25, 0.3) is 0 Å². The van der Waals surface area contributed by atoms with Crippen LogP contribution < -0.4 is 19.5 Å². The maximum Gasteiger partial charge on any atom is 0.203 e. The molecule has 0 amide bonds. The van der Waals surface area contributed by atoms with Gasteiger partial charge in [0.15, 0.2) is 23.1 Å². The van der Waals surface area contributed by atoms with E-state index in [1.165, 1.54) is 33.1 Å². The van der Waals surface area contributed by atoms with E-state index < -0.39 is 5.92 Å². The van der Waals surface area contributed by atoms with Crippen molar-refractivity contribution in [3.05, 3.63) is 74.4 Å². The normalized spacial score (nSPS) is 18.3. The predicted octanol–water partition coefficient (Wildman–Crippen LogP) is 6.05. The molecule has 0 unspecified atom stereocenters. The highest BCUT2D eigenvalue weighted by Crippen LogP contribution is 2.50. The Morgan fingerprint density at radius 3 is 2.29 bits per heavy atom. The van der Waals surface area contributed by atoms with Crippen molar-refractivity contribution in [2.45, 2.75) is 32.6 Å². The molecule has 2 aromatic carbocycles. The molecule has 1 heterocycles. The van der Waals surface area contributed by atoms with Crippen LogP contribution in [0.1, 0.15) is 48.5 Å². The van der Waals surface area contributed by atoms with E-state index in [1.54, 1.807) is 36.4 Å². The van der Waals surface area contributed by atoms with Crippen molar-refractivity contribution in [2.75, 3.05) is 27.1 Å². The largest absolute Gasteiger partial charge is 0.493 e. The van der Waals surface area contributed by atoms with Crippen LogP contribution in [0, 0.1) is 16.7 Å². The van der Waals surface area contributed by atoms with Gasteiger partial charge in [-0.05, 0) is 53.8 Å². The van der Waals surface area contributed by atoms with E-state index in [2.05, 4.69) is 11.4 Å². The third-order valence-corrected chi connectivity index (χ3v) is 7.93. The molecule has 1 N–H and O–H groups in total. The molecule has 0 radical (unpaired) electrons. The summed E-state index contributed by atoms with van der Waals surface area (Å²) in [4.78, 5) is 26.4. The van der Waals surface area contributed by atoms with Crippen molar-refractivity contribution in [3.63, 3.8) is 0 Å². The predicted molar refractivity (Wildman–Crippen MR) is 148 cm³/mol. The molecule has 0 bridgehead atoms. The molecule has 0 spiro atoms. The van der Waals surface area contributed by atoms with Crippen molar-refractivity contribution in [3.8, 4) is 23.3 Å². The number of Topliss-reactive ketones (excluding diaryl/α,β-unsaturated/α-hetero) is 2. The van der Waals surface area contributed by atoms with Gasteiger partial charge in [-0.15, -0.1) is 0 Å². The van der Waals surface area contributed by atoms with Crippen molar-refractivity contribution in [2.24, 2.45) is 5.41 Å². The van der Waals surface area contributed by atoms with Crippen LogP contribution in [0.3, 0.4) is 0 Å². The molecule has 1 atom stereocenters. The van der Waals surface area contributed by atoms with Gasteiger partial charge in [0, 0.05) is 28.3 Å². The van der Waals surface area contributed by atoms with E-state index in [1.807, 2.05) is 13.8 Å². The summed E-state index contributed by atoms with van der Waals surface area (Å²) < 4.78 is 16.6. The number of ether oxygens (including phenoxy) is 3. The second kappa shape index (κ2) is 11.1. The van der Waals surface area contributed by atoms with Crippen LogP contribution in [-0.4, -0.2) is 38.6 Å². The number of carbonyl (C=O) groups is 2. The lowest BCUT2D eigenvalue weighted by molar-refractivity contribution is -0.118. The maximum absolute atomic E-state index is 13.5. The first-order chi connectivity index (χ1) is 18.1. The van der Waals surface area contributed by atoms with Crippen molar-refractivity contribution in [1.82, 2.24) is 5.32 Å². The second-order valence-corrected chi connectivity index (χ2v) is 11.3. The molecule has 7 nitrogen and oxygen atoms in total. The minimum atomic E-state index is -0.651. The minimum Gasteiger partial charge on any atom is -0.493 e. The Labute approximate surface area is 231 Å². The topological polar surface area (TPSA) is 97.7 Å². The van der Waals surface area contributed by atoms with Gasteiger partial charge in [0.05, 0.1) is 49.7 Å². The highest BCUT2D eigenvalue weighted by atomic mass is 35.5. The molecule has 1 aliphatic carbocycles. The Kier molecular flexibility index (Phi) is 8.10. The van der Waals surface area contributed by atoms with Gasteiger partial charge in [-0.1, -0.05) is 37.2 Å².